The maximum atomic E-state index is 12.4. The molecule has 0 atom stereocenters. The van der Waals surface area contributed by atoms with Crippen LogP contribution < -0.4 is 0 Å². The Kier molecular flexibility index (Phi) is 3.68. The molecule has 0 amide bonds. The Balaban J connectivity index is 2.10. The average Bonchev–Trinajstić information content (AvgIpc) is 2.99. The highest BCUT2D eigenvalue weighted by Gasteiger charge is 2.20. The van der Waals surface area contributed by atoms with E-state index < -0.39 is 5.97 Å². The van der Waals surface area contributed by atoms with Gasteiger partial charge < -0.3 is 4.74 Å². The smallest absolute Gasteiger partial charge is 0.356 e. The second-order valence-electron chi connectivity index (χ2n) is 6.40. The number of hydrogen-bond acceptors (Lipinski definition) is 5. The van der Waals surface area contributed by atoms with E-state index in [0.717, 1.165) is 27.8 Å². The number of ether oxygens (including phenoxy) is 1. The van der Waals surface area contributed by atoms with Gasteiger partial charge in [-0.15, -0.1) is 5.10 Å². The van der Waals surface area contributed by atoms with Gasteiger partial charge in [-0.05, 0) is 38.5 Å². The molecule has 4 aromatic rings. The minimum Gasteiger partial charge on any atom is -0.464 e. The number of nitrogens with zero attached hydrogens (tertiary/aromatic N) is 4. The summed E-state index contributed by atoms with van der Waals surface area (Å²) in [7, 11) is 1.36. The van der Waals surface area contributed by atoms with Crippen LogP contribution in [0.15, 0.2) is 36.4 Å². The Bertz CT molecular complexity index is 1160. The van der Waals surface area contributed by atoms with Crippen LogP contribution in [0.2, 0.25) is 0 Å². The van der Waals surface area contributed by atoms with E-state index in [4.69, 9.17) is 9.72 Å². The number of aryl methyl sites for hydroxylation is 3. The van der Waals surface area contributed by atoms with Crippen molar-refractivity contribution in [2.45, 2.75) is 20.8 Å². The summed E-state index contributed by atoms with van der Waals surface area (Å²) >= 11 is 0. The second-order valence-corrected chi connectivity index (χ2v) is 6.40. The summed E-state index contributed by atoms with van der Waals surface area (Å²) in [6.45, 7) is 5.95. The van der Waals surface area contributed by atoms with Crippen molar-refractivity contribution in [3.8, 4) is 11.3 Å². The average molecular weight is 346 g/mol. The number of benzene rings is 1. The maximum absolute atomic E-state index is 12.4. The predicted octanol–water partition coefficient (Wildman–Crippen LogP) is 3.66. The zero-order chi connectivity index (χ0) is 18.4. The quantitative estimate of drug-likeness (QED) is 0.518. The van der Waals surface area contributed by atoms with Crippen molar-refractivity contribution in [3.63, 3.8) is 0 Å². The zero-order valence-corrected chi connectivity index (χ0v) is 15.1. The van der Waals surface area contributed by atoms with Crippen LogP contribution >= 0.6 is 0 Å². The lowest BCUT2D eigenvalue weighted by Gasteiger charge is -2.07. The maximum Gasteiger partial charge on any atom is 0.356 e. The first kappa shape index (κ1) is 16.2. The van der Waals surface area contributed by atoms with E-state index >= 15 is 0 Å². The van der Waals surface area contributed by atoms with Crippen LogP contribution in [0, 0.1) is 20.8 Å². The lowest BCUT2D eigenvalue weighted by molar-refractivity contribution is 0.0591. The molecule has 0 aliphatic heterocycles. The Hall–Kier alpha value is -3.28. The normalized spacial score (nSPS) is 11.2. The first-order valence-corrected chi connectivity index (χ1v) is 8.31. The molecule has 3 heterocycles. The van der Waals surface area contributed by atoms with Crippen LogP contribution in [0.5, 0.6) is 0 Å². The highest BCUT2D eigenvalue weighted by atomic mass is 16.5. The van der Waals surface area contributed by atoms with Gasteiger partial charge in [0.15, 0.2) is 17.0 Å². The Morgan fingerprint density at radius 3 is 2.46 bits per heavy atom. The lowest BCUT2D eigenvalue weighted by atomic mass is 10.1. The van der Waals surface area contributed by atoms with Gasteiger partial charge in [-0.25, -0.2) is 19.3 Å². The summed E-state index contributed by atoms with van der Waals surface area (Å²) in [5.74, 6) is -0.465. The molecule has 0 radical (unpaired) electrons. The molecular formula is C20H18N4O2. The minimum absolute atomic E-state index is 0.322. The third kappa shape index (κ3) is 2.50. The number of aromatic nitrogens is 4. The molecule has 0 fully saturated rings. The molecule has 0 spiro atoms. The number of rotatable bonds is 2. The summed E-state index contributed by atoms with van der Waals surface area (Å²) < 4.78 is 6.48. The first-order chi connectivity index (χ1) is 12.5. The summed E-state index contributed by atoms with van der Waals surface area (Å²) in [6, 6.07) is 11.7. The molecule has 6 heteroatoms. The second kappa shape index (κ2) is 5.91. The van der Waals surface area contributed by atoms with Gasteiger partial charge in [-0.3, -0.25) is 0 Å². The number of hydrogen-bond donors (Lipinski definition) is 0. The molecule has 0 bridgehead atoms. The summed E-state index contributed by atoms with van der Waals surface area (Å²) in [6.07, 6.45) is 0. The molecule has 0 saturated heterocycles. The van der Waals surface area contributed by atoms with Gasteiger partial charge in [-0.1, -0.05) is 29.8 Å². The third-order valence-corrected chi connectivity index (χ3v) is 4.41. The molecule has 130 valence electrons. The van der Waals surface area contributed by atoms with Gasteiger partial charge in [0, 0.05) is 11.3 Å². The van der Waals surface area contributed by atoms with E-state index in [2.05, 4.69) is 10.1 Å². The fraction of sp³-hybridized carbons (Fsp3) is 0.200. The molecule has 1 aromatic carbocycles. The van der Waals surface area contributed by atoms with Crippen molar-refractivity contribution < 1.29 is 9.53 Å². The molecule has 0 saturated carbocycles. The Labute approximate surface area is 150 Å². The van der Waals surface area contributed by atoms with Crippen LogP contribution in [-0.2, 0) is 4.74 Å². The Morgan fingerprint density at radius 2 is 1.77 bits per heavy atom. The van der Waals surface area contributed by atoms with Crippen molar-refractivity contribution in [1.82, 2.24) is 19.6 Å². The molecule has 3 aromatic heterocycles. The van der Waals surface area contributed by atoms with E-state index in [9.17, 15) is 4.79 Å². The largest absolute Gasteiger partial charge is 0.464 e. The molecule has 0 unspecified atom stereocenters. The molecule has 4 rings (SSSR count). The number of carbonyl (C=O) groups excluding carboxylic acids is 1. The number of methoxy groups -OCH3 is 1. The molecule has 0 aliphatic carbocycles. The molecule has 6 nitrogen and oxygen atoms in total. The summed E-state index contributed by atoms with van der Waals surface area (Å²) in [5, 5.41) is 5.34. The van der Waals surface area contributed by atoms with Crippen molar-refractivity contribution in [2.24, 2.45) is 0 Å². The Morgan fingerprint density at radius 1 is 1.04 bits per heavy atom. The summed E-state index contributed by atoms with van der Waals surface area (Å²) in [4.78, 5) is 21.6. The number of fused-ring (bicyclic) bond motifs is 3. The van der Waals surface area contributed by atoms with Gasteiger partial charge in [0.2, 0.25) is 0 Å². The van der Waals surface area contributed by atoms with Crippen molar-refractivity contribution >= 4 is 22.6 Å². The molecule has 0 aliphatic rings. The van der Waals surface area contributed by atoms with Crippen molar-refractivity contribution in [3.05, 3.63) is 58.9 Å². The minimum atomic E-state index is -0.465. The van der Waals surface area contributed by atoms with Crippen molar-refractivity contribution in [2.75, 3.05) is 7.11 Å². The monoisotopic (exact) mass is 346 g/mol. The molecule has 0 N–H and O–H groups in total. The van der Waals surface area contributed by atoms with Gasteiger partial charge in [-0.2, -0.15) is 0 Å². The standard InChI is InChI=1S/C20H18N4O2/c1-11-5-7-14(8-6-11)15-10-16(20(25)26-4)24-19(22-15)17-12(2)9-13(3)21-18(17)23-24/h5-10H,1-4H3. The van der Waals surface area contributed by atoms with Gasteiger partial charge in [0.05, 0.1) is 18.2 Å². The van der Waals surface area contributed by atoms with E-state index in [0.29, 0.717) is 22.7 Å². The predicted molar refractivity (Wildman–Crippen MR) is 99.3 cm³/mol. The fourth-order valence-corrected chi connectivity index (χ4v) is 3.14. The molecular weight excluding hydrogens is 328 g/mol. The van der Waals surface area contributed by atoms with E-state index in [1.165, 1.54) is 11.6 Å². The van der Waals surface area contributed by atoms with Gasteiger partial charge >= 0.3 is 5.97 Å². The fourth-order valence-electron chi connectivity index (χ4n) is 3.14. The zero-order valence-electron chi connectivity index (χ0n) is 15.1. The van der Waals surface area contributed by atoms with Crippen LogP contribution in [-0.4, -0.2) is 32.7 Å². The summed E-state index contributed by atoms with van der Waals surface area (Å²) in [5.41, 5.74) is 6.17. The number of pyridine rings is 1. The van der Waals surface area contributed by atoms with Crippen LogP contribution in [0.3, 0.4) is 0 Å². The third-order valence-electron chi connectivity index (χ3n) is 4.41. The van der Waals surface area contributed by atoms with Crippen LogP contribution in [0.4, 0.5) is 0 Å². The SMILES string of the molecule is COC(=O)c1cc(-c2ccc(C)cc2)nc2c3c(C)cc(C)nc3nn12. The van der Waals surface area contributed by atoms with E-state index in [1.807, 2.05) is 51.1 Å². The van der Waals surface area contributed by atoms with Crippen molar-refractivity contribution in [1.29, 1.82) is 0 Å². The van der Waals surface area contributed by atoms with Gasteiger partial charge in [0.25, 0.3) is 0 Å². The number of carbonyl (C=O) groups is 1. The number of esters is 1. The van der Waals surface area contributed by atoms with E-state index in [-0.39, 0.29) is 0 Å². The first-order valence-electron chi connectivity index (χ1n) is 8.31. The highest BCUT2D eigenvalue weighted by Crippen LogP contribution is 2.26. The van der Waals surface area contributed by atoms with Crippen LogP contribution in [0.25, 0.3) is 27.9 Å². The highest BCUT2D eigenvalue weighted by molar-refractivity contribution is 5.97. The topological polar surface area (TPSA) is 69.4 Å². The van der Waals surface area contributed by atoms with Gasteiger partial charge in [0.1, 0.15) is 0 Å². The van der Waals surface area contributed by atoms with E-state index in [1.54, 1.807) is 6.07 Å². The molecule has 26 heavy (non-hydrogen) atoms. The lowest BCUT2D eigenvalue weighted by Crippen LogP contribution is -2.10. The van der Waals surface area contributed by atoms with Crippen LogP contribution in [0.1, 0.15) is 27.3 Å².